The van der Waals surface area contributed by atoms with Gasteiger partial charge >= 0.3 is 6.03 Å². The number of imide groups is 1. The molecule has 3 saturated heterocycles. The third-order valence-corrected chi connectivity index (χ3v) is 8.26. The summed E-state index contributed by atoms with van der Waals surface area (Å²) in [5.41, 5.74) is 0.590. The molecule has 2 atom stereocenters. The molecule has 4 rings (SSSR count). The summed E-state index contributed by atoms with van der Waals surface area (Å²) in [6, 6.07) is 10.5. The van der Waals surface area contributed by atoms with Crippen LogP contribution in [0.5, 0.6) is 0 Å². The topological polar surface area (TPSA) is 64.2 Å². The van der Waals surface area contributed by atoms with E-state index in [1.165, 1.54) is 10.5 Å². The molecule has 1 spiro atoms. The first-order valence-corrected chi connectivity index (χ1v) is 13.8. The Balaban J connectivity index is 0.00000380. The highest BCUT2D eigenvalue weighted by molar-refractivity contribution is 6.07. The van der Waals surface area contributed by atoms with Gasteiger partial charge in [-0.05, 0) is 43.1 Å². The van der Waals surface area contributed by atoms with E-state index in [9.17, 15) is 14.4 Å². The fourth-order valence-corrected chi connectivity index (χ4v) is 6.47. The lowest BCUT2D eigenvalue weighted by Crippen LogP contribution is -2.57. The standard InChI is InChI=1S/C29H44N4O3.ClH/c1-6-15-32-26(35)29(33(7-2)27(32)36)13-16-30(17-14-29)19-23-20-31(25(34)18-28(3,4)5)21-24(23)22-11-9-8-10-12-22;/h8-12,23-24H,6-7,13-21H2,1-5H3;1H. The minimum atomic E-state index is -0.680. The summed E-state index contributed by atoms with van der Waals surface area (Å²) in [6.45, 7) is 15.4. The summed E-state index contributed by atoms with van der Waals surface area (Å²) in [6.07, 6.45) is 2.71. The Bertz CT molecular complexity index is 956. The van der Waals surface area contributed by atoms with Gasteiger partial charge in [0.05, 0.1) is 0 Å². The van der Waals surface area contributed by atoms with Crippen molar-refractivity contribution < 1.29 is 14.4 Å². The first kappa shape index (κ1) is 29.4. The maximum atomic E-state index is 13.4. The second kappa shape index (κ2) is 11.7. The van der Waals surface area contributed by atoms with Crippen LogP contribution in [0, 0.1) is 11.3 Å². The summed E-state index contributed by atoms with van der Waals surface area (Å²) < 4.78 is 0. The highest BCUT2D eigenvalue weighted by Gasteiger charge is 2.57. The number of likely N-dealkylation sites (tertiary alicyclic amines) is 2. The predicted molar refractivity (Wildman–Crippen MR) is 149 cm³/mol. The molecule has 2 unspecified atom stereocenters. The smallest absolute Gasteiger partial charge is 0.327 e. The number of hydrogen-bond acceptors (Lipinski definition) is 4. The molecule has 3 heterocycles. The Hall–Kier alpha value is -2.12. The van der Waals surface area contributed by atoms with Crippen molar-refractivity contribution in [3.8, 4) is 0 Å². The quantitative estimate of drug-likeness (QED) is 0.481. The number of amides is 4. The van der Waals surface area contributed by atoms with Gasteiger partial charge in [0.2, 0.25) is 5.91 Å². The van der Waals surface area contributed by atoms with Gasteiger partial charge in [-0.25, -0.2) is 4.79 Å². The predicted octanol–water partition coefficient (Wildman–Crippen LogP) is 4.62. The van der Waals surface area contributed by atoms with Crippen molar-refractivity contribution in [1.82, 2.24) is 19.6 Å². The van der Waals surface area contributed by atoms with Gasteiger partial charge in [-0.15, -0.1) is 12.4 Å². The molecule has 3 fully saturated rings. The molecule has 0 aromatic heterocycles. The molecule has 0 N–H and O–H groups in total. The largest absolute Gasteiger partial charge is 0.342 e. The summed E-state index contributed by atoms with van der Waals surface area (Å²) in [5, 5.41) is 0. The maximum absolute atomic E-state index is 13.4. The zero-order valence-electron chi connectivity index (χ0n) is 23.2. The fourth-order valence-electron chi connectivity index (χ4n) is 6.47. The zero-order chi connectivity index (χ0) is 26.1. The third kappa shape index (κ3) is 5.98. The Morgan fingerprint density at radius 1 is 1.03 bits per heavy atom. The number of benzene rings is 1. The summed E-state index contributed by atoms with van der Waals surface area (Å²) in [7, 11) is 0. The first-order chi connectivity index (χ1) is 17.1. The van der Waals surface area contributed by atoms with Crippen LogP contribution < -0.4 is 0 Å². The first-order valence-electron chi connectivity index (χ1n) is 13.8. The molecule has 1 aromatic carbocycles. The van der Waals surface area contributed by atoms with Crippen LogP contribution in [0.15, 0.2) is 30.3 Å². The number of nitrogens with zero attached hydrogens (tertiary/aromatic N) is 4. The van der Waals surface area contributed by atoms with Crippen LogP contribution in [0.3, 0.4) is 0 Å². The molecule has 0 radical (unpaired) electrons. The molecular weight excluding hydrogens is 488 g/mol. The van der Waals surface area contributed by atoms with Crippen LogP contribution in [0.1, 0.15) is 71.8 Å². The highest BCUT2D eigenvalue weighted by Crippen LogP contribution is 2.39. The van der Waals surface area contributed by atoms with E-state index in [1.807, 2.05) is 24.8 Å². The van der Waals surface area contributed by atoms with E-state index in [-0.39, 0.29) is 35.7 Å². The van der Waals surface area contributed by atoms with Crippen LogP contribution >= 0.6 is 12.4 Å². The van der Waals surface area contributed by atoms with Crippen molar-refractivity contribution in [2.45, 2.75) is 71.8 Å². The van der Waals surface area contributed by atoms with Crippen molar-refractivity contribution >= 4 is 30.3 Å². The molecular formula is C29H45ClN4O3. The highest BCUT2D eigenvalue weighted by atomic mass is 35.5. The summed E-state index contributed by atoms with van der Waals surface area (Å²) in [4.78, 5) is 47.2. The molecule has 4 amide bonds. The second-order valence-electron chi connectivity index (χ2n) is 12.1. The van der Waals surface area contributed by atoms with E-state index < -0.39 is 5.54 Å². The van der Waals surface area contributed by atoms with Crippen LogP contribution in [-0.4, -0.2) is 88.8 Å². The number of urea groups is 1. The van der Waals surface area contributed by atoms with Crippen LogP contribution in [-0.2, 0) is 9.59 Å². The lowest BCUT2D eigenvalue weighted by atomic mass is 9.84. The number of carbonyl (C=O) groups is 3. The maximum Gasteiger partial charge on any atom is 0.327 e. The Morgan fingerprint density at radius 3 is 2.24 bits per heavy atom. The monoisotopic (exact) mass is 532 g/mol. The minimum absolute atomic E-state index is 0. The number of piperidine rings is 1. The van der Waals surface area contributed by atoms with E-state index in [0.717, 1.165) is 39.1 Å². The van der Waals surface area contributed by atoms with Crippen molar-refractivity contribution in [2.75, 3.05) is 45.8 Å². The molecule has 0 saturated carbocycles. The zero-order valence-corrected chi connectivity index (χ0v) is 24.1. The molecule has 206 valence electrons. The minimum Gasteiger partial charge on any atom is -0.342 e. The van der Waals surface area contributed by atoms with E-state index in [0.29, 0.717) is 44.2 Å². The van der Waals surface area contributed by atoms with Crippen molar-refractivity contribution in [2.24, 2.45) is 11.3 Å². The SMILES string of the molecule is CCCN1C(=O)N(CC)C2(CCN(CC3CN(C(=O)CC(C)(C)C)CC3c3ccccc3)CC2)C1=O.Cl. The summed E-state index contributed by atoms with van der Waals surface area (Å²) in [5.74, 6) is 0.907. The number of carbonyl (C=O) groups excluding carboxylic acids is 3. The van der Waals surface area contributed by atoms with Gasteiger partial charge in [-0.1, -0.05) is 58.0 Å². The number of likely N-dealkylation sites (N-methyl/N-ethyl adjacent to an activating group) is 1. The molecule has 3 aliphatic heterocycles. The van der Waals surface area contributed by atoms with Crippen molar-refractivity contribution in [3.05, 3.63) is 35.9 Å². The van der Waals surface area contributed by atoms with Crippen molar-refractivity contribution in [3.63, 3.8) is 0 Å². The molecule has 37 heavy (non-hydrogen) atoms. The van der Waals surface area contributed by atoms with Gasteiger partial charge in [0.25, 0.3) is 5.91 Å². The van der Waals surface area contributed by atoms with Crippen LogP contribution in [0.25, 0.3) is 0 Å². The van der Waals surface area contributed by atoms with Crippen LogP contribution in [0.2, 0.25) is 0 Å². The molecule has 8 heteroatoms. The van der Waals surface area contributed by atoms with E-state index in [2.05, 4.69) is 54.8 Å². The fraction of sp³-hybridized carbons (Fsp3) is 0.690. The van der Waals surface area contributed by atoms with Gasteiger partial charge < -0.3 is 14.7 Å². The Morgan fingerprint density at radius 2 is 1.68 bits per heavy atom. The van der Waals surface area contributed by atoms with E-state index in [1.54, 1.807) is 0 Å². The Labute approximate surface area is 228 Å². The van der Waals surface area contributed by atoms with Crippen LogP contribution in [0.4, 0.5) is 4.79 Å². The molecule has 1 aromatic rings. The normalized spacial score (nSPS) is 24.2. The van der Waals surface area contributed by atoms with Gasteiger partial charge in [0.15, 0.2) is 0 Å². The summed E-state index contributed by atoms with van der Waals surface area (Å²) >= 11 is 0. The lowest BCUT2D eigenvalue weighted by molar-refractivity contribution is -0.136. The van der Waals surface area contributed by atoms with Gasteiger partial charge in [0, 0.05) is 58.2 Å². The van der Waals surface area contributed by atoms with Gasteiger partial charge in [-0.2, -0.15) is 0 Å². The number of halogens is 1. The van der Waals surface area contributed by atoms with Gasteiger partial charge in [0.1, 0.15) is 5.54 Å². The molecule has 3 aliphatic rings. The van der Waals surface area contributed by atoms with E-state index >= 15 is 0 Å². The third-order valence-electron chi connectivity index (χ3n) is 8.26. The molecule has 0 aliphatic carbocycles. The Kier molecular flexibility index (Phi) is 9.33. The lowest BCUT2D eigenvalue weighted by Gasteiger charge is -2.42. The second-order valence-corrected chi connectivity index (χ2v) is 12.1. The number of hydrogen-bond donors (Lipinski definition) is 0. The average molecular weight is 533 g/mol. The average Bonchev–Trinajstić information content (AvgIpc) is 3.34. The van der Waals surface area contributed by atoms with Gasteiger partial charge in [-0.3, -0.25) is 14.5 Å². The van der Waals surface area contributed by atoms with E-state index in [4.69, 9.17) is 0 Å². The molecule has 0 bridgehead atoms. The van der Waals surface area contributed by atoms with Crippen molar-refractivity contribution in [1.29, 1.82) is 0 Å². The molecule has 7 nitrogen and oxygen atoms in total. The number of rotatable bonds is 7.